The van der Waals surface area contributed by atoms with E-state index in [1.165, 1.54) is 0 Å². The quantitative estimate of drug-likeness (QED) is 0.425. The molecule has 0 unspecified atom stereocenters. The van der Waals surface area contributed by atoms with Crippen molar-refractivity contribution in [1.29, 1.82) is 0 Å². The normalized spacial score (nSPS) is 34.3. The van der Waals surface area contributed by atoms with Crippen LogP contribution in [0, 0.1) is 11.3 Å². The number of hydrogen-bond donors (Lipinski definition) is 0. The molecule has 0 aromatic heterocycles. The summed E-state index contributed by atoms with van der Waals surface area (Å²) in [6.07, 6.45) is 2.81. The van der Waals surface area contributed by atoms with Crippen LogP contribution in [-0.2, 0) is 18.9 Å². The molecule has 0 radical (unpaired) electrons. The second kappa shape index (κ2) is 6.55. The van der Waals surface area contributed by atoms with Crippen LogP contribution >= 0.6 is 0 Å². The summed E-state index contributed by atoms with van der Waals surface area (Å²) in [5, 5.41) is 13.0. The van der Waals surface area contributed by atoms with Gasteiger partial charge in [-0.1, -0.05) is 6.08 Å². The van der Waals surface area contributed by atoms with Crippen molar-refractivity contribution in [2.75, 3.05) is 6.61 Å². The Morgan fingerprint density at radius 3 is 2.90 bits per heavy atom. The van der Waals surface area contributed by atoms with Gasteiger partial charge in [-0.2, -0.15) is 0 Å². The van der Waals surface area contributed by atoms with Crippen molar-refractivity contribution in [3.05, 3.63) is 22.9 Å². The van der Waals surface area contributed by atoms with Crippen molar-refractivity contribution in [3.8, 4) is 6.07 Å². The van der Waals surface area contributed by atoms with Crippen molar-refractivity contribution in [1.82, 2.24) is 0 Å². The number of allylic oxidation sites excluding steroid dienone is 1. The van der Waals surface area contributed by atoms with Crippen LogP contribution < -0.4 is 0 Å². The summed E-state index contributed by atoms with van der Waals surface area (Å²) >= 11 is 0. The average molecular weight is 283 g/mol. The molecule has 2 saturated heterocycles. The molecular weight excluding hydrogens is 262 g/mol. The maximum Gasteiger partial charge on any atom is 0.333 e. The minimum absolute atomic E-state index is 0.358. The maximum absolute atomic E-state index is 10.4. The molecule has 0 aliphatic carbocycles. The van der Waals surface area contributed by atoms with Crippen LogP contribution in [0.25, 0.3) is 5.01 Å². The molecule has 0 aromatic rings. The number of hydrogen-bond acceptors (Lipinski definition) is 5. The molecule has 4 atom stereocenters. The summed E-state index contributed by atoms with van der Waals surface area (Å²) in [5.74, 6) is -0.709. The zero-order chi connectivity index (χ0) is 14.6. The van der Waals surface area contributed by atoms with Crippen molar-refractivity contribution in [2.24, 2.45) is 0 Å². The van der Waals surface area contributed by atoms with E-state index in [-0.39, 0.29) is 6.10 Å². The van der Waals surface area contributed by atoms with Crippen molar-refractivity contribution < 1.29 is 18.9 Å². The fourth-order valence-corrected chi connectivity index (χ4v) is 2.43. The third-order valence-electron chi connectivity index (χ3n) is 3.28. The highest BCUT2D eigenvalue weighted by Gasteiger charge is 2.56. The first kappa shape index (κ1) is 15.3. The molecule has 0 spiro atoms. The molecule has 0 bridgehead atoms. The molecule has 6 nitrogen and oxygen atoms in total. The van der Waals surface area contributed by atoms with E-state index >= 15 is 0 Å². The zero-order valence-corrected chi connectivity index (χ0v) is 11.9. The van der Waals surface area contributed by atoms with Crippen molar-refractivity contribution in [3.63, 3.8) is 0 Å². The molecule has 0 aromatic carbocycles. The first-order valence-corrected chi connectivity index (χ1v) is 6.89. The second-order valence-electron chi connectivity index (χ2n) is 5.37. The number of fused-ring (bicyclic) bond motifs is 1. The lowest BCUT2D eigenvalue weighted by Gasteiger charge is -2.22. The lowest BCUT2D eigenvalue weighted by Crippen LogP contribution is -2.36. The van der Waals surface area contributed by atoms with E-state index in [0.717, 1.165) is 19.3 Å². The Morgan fingerprint density at radius 1 is 1.40 bits per heavy atom. The third kappa shape index (κ3) is 3.49. The van der Waals surface area contributed by atoms with Crippen molar-refractivity contribution in [2.45, 2.75) is 63.5 Å². The Bertz CT molecular complexity index is 400. The molecule has 2 aliphatic rings. The van der Waals surface area contributed by atoms with Crippen LogP contribution in [0.3, 0.4) is 0 Å². The standard InChI is InChI=1S/C14H21NO5/c1-4-5-6-7-8-17-11-10(9-15-16)18-13-12(11)19-14(2,3)20-13/h4,10-13H,1,5-8H2,2-3H3/t10-,11+,12-,13-/m1/s1. The first-order chi connectivity index (χ1) is 9.57. The van der Waals surface area contributed by atoms with Gasteiger partial charge in [0.2, 0.25) is 6.10 Å². The highest BCUT2D eigenvalue weighted by atomic mass is 16.8. The molecule has 0 amide bonds. The van der Waals surface area contributed by atoms with E-state index in [0.29, 0.717) is 6.61 Å². The Hall–Kier alpha value is -1.13. The third-order valence-corrected chi connectivity index (χ3v) is 3.28. The number of ether oxygens (including phenoxy) is 4. The maximum atomic E-state index is 10.4. The highest BCUT2D eigenvalue weighted by molar-refractivity contribution is 5.08. The molecular formula is C14H21NO5. The van der Waals surface area contributed by atoms with Gasteiger partial charge in [0.05, 0.1) is 0 Å². The monoisotopic (exact) mass is 283 g/mol. The summed E-state index contributed by atoms with van der Waals surface area (Å²) in [4.78, 5) is 0. The van der Waals surface area contributed by atoms with Crippen LogP contribution in [0.5, 0.6) is 0 Å². The van der Waals surface area contributed by atoms with Crippen molar-refractivity contribution >= 4 is 0 Å². The Balaban J connectivity index is 1.90. The first-order valence-electron chi connectivity index (χ1n) is 6.89. The molecule has 0 N–H and O–H groups in total. The van der Waals surface area contributed by atoms with Gasteiger partial charge in [-0.05, 0) is 33.1 Å². The summed E-state index contributed by atoms with van der Waals surface area (Å²) < 4.78 is 22.7. The topological polar surface area (TPSA) is 64.3 Å². The van der Waals surface area contributed by atoms with Gasteiger partial charge < -0.3 is 24.2 Å². The fourth-order valence-electron chi connectivity index (χ4n) is 2.43. The molecule has 2 aliphatic heterocycles. The summed E-state index contributed by atoms with van der Waals surface area (Å²) in [7, 11) is 0. The van der Waals surface area contributed by atoms with Gasteiger partial charge in [0, 0.05) is 11.6 Å². The number of rotatable bonds is 6. The molecule has 20 heavy (non-hydrogen) atoms. The Morgan fingerprint density at radius 2 is 2.20 bits per heavy atom. The summed E-state index contributed by atoms with van der Waals surface area (Å²) in [6.45, 7) is 7.87. The minimum atomic E-state index is -0.709. The van der Waals surface area contributed by atoms with Crippen LogP contribution in [0.15, 0.2) is 12.7 Å². The van der Waals surface area contributed by atoms with E-state index in [1.807, 2.05) is 19.9 Å². The van der Waals surface area contributed by atoms with Crippen LogP contribution in [0.2, 0.25) is 0 Å². The molecule has 112 valence electrons. The van der Waals surface area contributed by atoms with Gasteiger partial charge >= 0.3 is 6.07 Å². The summed E-state index contributed by atoms with van der Waals surface area (Å²) in [6, 6.07) is 2.35. The van der Waals surface area contributed by atoms with Crippen LogP contribution in [0.4, 0.5) is 0 Å². The predicted molar refractivity (Wildman–Crippen MR) is 73.1 cm³/mol. The van der Waals surface area contributed by atoms with E-state index in [1.54, 1.807) is 0 Å². The molecule has 2 rings (SSSR count). The molecule has 6 heteroatoms. The lowest BCUT2D eigenvalue weighted by atomic mass is 10.1. The minimum Gasteiger partial charge on any atom is -0.498 e. The van der Waals surface area contributed by atoms with Crippen LogP contribution in [-0.4, -0.2) is 37.0 Å². The summed E-state index contributed by atoms with van der Waals surface area (Å²) in [5.41, 5.74) is 0. The van der Waals surface area contributed by atoms with Gasteiger partial charge in [0.25, 0.3) is 0 Å². The van der Waals surface area contributed by atoms with E-state index < -0.39 is 24.3 Å². The van der Waals surface area contributed by atoms with Gasteiger partial charge in [0.15, 0.2) is 12.1 Å². The fraction of sp³-hybridized carbons (Fsp3) is 0.786. The highest BCUT2D eigenvalue weighted by Crippen LogP contribution is 2.38. The van der Waals surface area contributed by atoms with E-state index in [9.17, 15) is 5.21 Å². The average Bonchev–Trinajstić information content (AvgIpc) is 2.83. The van der Waals surface area contributed by atoms with E-state index in [4.69, 9.17) is 18.9 Å². The van der Waals surface area contributed by atoms with Gasteiger partial charge in [-0.25, -0.2) is 0 Å². The largest absolute Gasteiger partial charge is 0.498 e. The zero-order valence-electron chi connectivity index (χ0n) is 11.9. The van der Waals surface area contributed by atoms with Gasteiger partial charge in [-0.15, -0.1) is 6.58 Å². The molecule has 2 heterocycles. The smallest absolute Gasteiger partial charge is 0.333 e. The second-order valence-corrected chi connectivity index (χ2v) is 5.37. The Labute approximate surface area is 119 Å². The van der Waals surface area contributed by atoms with E-state index in [2.05, 4.69) is 17.7 Å². The van der Waals surface area contributed by atoms with Gasteiger partial charge in [-0.3, -0.25) is 0 Å². The van der Waals surface area contributed by atoms with Crippen LogP contribution in [0.1, 0.15) is 33.1 Å². The predicted octanol–water partition coefficient (Wildman–Crippen LogP) is 2.44. The molecule has 2 fully saturated rings. The molecule has 0 saturated carbocycles. The SMILES string of the molecule is C=CCCCCO[C@@H]1[C@H]2OC(C)(C)O[C@H]2O[C@@H]1C#[N+][O-]. The Kier molecular flexibility index (Phi) is 5.00. The van der Waals surface area contributed by atoms with Gasteiger partial charge in [0.1, 0.15) is 12.2 Å². The number of nitrogens with zero attached hydrogens (tertiary/aromatic N) is 1. The number of unbranched alkanes of at least 4 members (excludes halogenated alkanes) is 2. The lowest BCUT2D eigenvalue weighted by molar-refractivity contribution is -0.211.